The van der Waals surface area contributed by atoms with E-state index in [2.05, 4.69) is 10.3 Å². The van der Waals surface area contributed by atoms with Crippen LogP contribution in [-0.4, -0.2) is 52.4 Å². The van der Waals surface area contributed by atoms with Gasteiger partial charge in [0, 0.05) is 19.6 Å². The molecule has 9 nitrogen and oxygen atoms in total. The van der Waals surface area contributed by atoms with Gasteiger partial charge < -0.3 is 29.8 Å². The van der Waals surface area contributed by atoms with Gasteiger partial charge in [0.05, 0.1) is 4.70 Å². The van der Waals surface area contributed by atoms with Gasteiger partial charge in [-0.1, -0.05) is 47.7 Å². The number of alkyl carbamates (subject to hydrolysis) is 1. The molecule has 0 spiro atoms. The number of hydrogen-bond donors (Lipinski definition) is 3. The lowest BCUT2D eigenvalue weighted by atomic mass is 10.1. The Labute approximate surface area is 201 Å². The number of phenols is 1. The average Bonchev–Trinajstić information content (AvgIpc) is 3.17. The van der Waals surface area contributed by atoms with Crippen LogP contribution in [0.4, 0.5) is 9.59 Å². The second-order valence-corrected chi connectivity index (χ2v) is 9.65. The van der Waals surface area contributed by atoms with Gasteiger partial charge in [-0.05, 0) is 44.4 Å². The highest BCUT2D eigenvalue weighted by molar-refractivity contribution is 7.16. The zero-order chi connectivity index (χ0) is 24.7. The molecule has 0 aliphatic heterocycles. The summed E-state index contributed by atoms with van der Waals surface area (Å²) >= 11 is 1.01. The minimum atomic E-state index is -0.624. The van der Waals surface area contributed by atoms with E-state index in [4.69, 9.17) is 9.47 Å². The van der Waals surface area contributed by atoms with E-state index in [-0.39, 0.29) is 36.9 Å². The maximum absolute atomic E-state index is 12.8. The van der Waals surface area contributed by atoms with Gasteiger partial charge in [-0.25, -0.2) is 9.59 Å². The Hall–Kier alpha value is -3.53. The van der Waals surface area contributed by atoms with Crippen molar-refractivity contribution in [2.24, 2.45) is 0 Å². The largest absolute Gasteiger partial charge is 0.506 e. The van der Waals surface area contributed by atoms with Crippen molar-refractivity contribution < 1.29 is 24.2 Å². The number of hydrogen-bond acceptors (Lipinski definition) is 7. The molecule has 0 aliphatic carbocycles. The minimum absolute atomic E-state index is 0.00205. The number of carbonyl (C=O) groups excluding carboxylic acids is 2. The van der Waals surface area contributed by atoms with E-state index in [1.807, 2.05) is 30.3 Å². The molecule has 0 unspecified atom stereocenters. The lowest BCUT2D eigenvalue weighted by Crippen LogP contribution is -2.41. The molecule has 2 amide bonds. The average molecular weight is 488 g/mol. The molecule has 0 radical (unpaired) electrons. The number of aromatic amines is 1. The maximum Gasteiger partial charge on any atom is 0.410 e. The summed E-state index contributed by atoms with van der Waals surface area (Å²) in [4.78, 5) is 40.4. The number of phenolic OH excluding ortho intramolecular Hbond substituents is 1. The normalized spacial score (nSPS) is 11.3. The molecule has 2 aromatic carbocycles. The lowest BCUT2D eigenvalue weighted by molar-refractivity contribution is 0.0515. The first-order valence-electron chi connectivity index (χ1n) is 10.9. The first kappa shape index (κ1) is 25.1. The first-order valence-corrected chi connectivity index (χ1v) is 11.7. The van der Waals surface area contributed by atoms with Crippen LogP contribution in [0.5, 0.6) is 5.75 Å². The van der Waals surface area contributed by atoms with Crippen molar-refractivity contribution in [1.82, 2.24) is 15.2 Å². The third kappa shape index (κ3) is 7.24. The Kier molecular flexibility index (Phi) is 8.17. The molecule has 0 atom stereocenters. The van der Waals surface area contributed by atoms with Crippen molar-refractivity contribution in [3.63, 3.8) is 0 Å². The van der Waals surface area contributed by atoms with Crippen molar-refractivity contribution in [2.75, 3.05) is 19.6 Å². The predicted octanol–water partition coefficient (Wildman–Crippen LogP) is 4.00. The summed E-state index contributed by atoms with van der Waals surface area (Å²) in [5.74, 6) is -0.00205. The highest BCUT2D eigenvalue weighted by atomic mass is 32.1. The molecule has 0 saturated heterocycles. The fourth-order valence-corrected chi connectivity index (χ4v) is 4.13. The van der Waals surface area contributed by atoms with Crippen molar-refractivity contribution in [2.45, 2.75) is 39.4 Å². The van der Waals surface area contributed by atoms with Gasteiger partial charge in [0.1, 0.15) is 23.5 Å². The van der Waals surface area contributed by atoms with Crippen molar-refractivity contribution >= 4 is 33.7 Å². The second kappa shape index (κ2) is 11.1. The number of aromatic hydroxyl groups is 1. The first-order chi connectivity index (χ1) is 16.1. The van der Waals surface area contributed by atoms with Crippen molar-refractivity contribution in [3.05, 3.63) is 63.3 Å². The van der Waals surface area contributed by atoms with E-state index in [1.54, 1.807) is 26.8 Å². The molecular weight excluding hydrogens is 458 g/mol. The number of amides is 2. The summed E-state index contributed by atoms with van der Waals surface area (Å²) in [6.45, 7) is 6.11. The Morgan fingerprint density at radius 3 is 2.56 bits per heavy atom. The van der Waals surface area contributed by atoms with E-state index in [9.17, 15) is 19.5 Å². The van der Waals surface area contributed by atoms with E-state index >= 15 is 0 Å². The highest BCUT2D eigenvalue weighted by Crippen LogP contribution is 2.28. The lowest BCUT2D eigenvalue weighted by Gasteiger charge is -2.24. The number of fused-ring (bicyclic) bond motifs is 1. The van der Waals surface area contributed by atoms with Crippen LogP contribution >= 0.6 is 11.3 Å². The summed E-state index contributed by atoms with van der Waals surface area (Å²) in [6, 6.07) is 12.6. The quantitative estimate of drug-likeness (QED) is 0.442. The summed E-state index contributed by atoms with van der Waals surface area (Å²) in [5, 5.41) is 12.7. The van der Waals surface area contributed by atoms with Gasteiger partial charge in [0.25, 0.3) is 0 Å². The number of benzene rings is 2. The topological polar surface area (TPSA) is 121 Å². The van der Waals surface area contributed by atoms with Crippen LogP contribution in [0, 0.1) is 0 Å². The van der Waals surface area contributed by atoms with Gasteiger partial charge in [0.15, 0.2) is 0 Å². The van der Waals surface area contributed by atoms with Crippen molar-refractivity contribution in [3.8, 4) is 5.75 Å². The third-order valence-electron chi connectivity index (χ3n) is 4.80. The Morgan fingerprint density at radius 2 is 1.85 bits per heavy atom. The smallest absolute Gasteiger partial charge is 0.410 e. The predicted molar refractivity (Wildman–Crippen MR) is 130 cm³/mol. The molecule has 0 aliphatic rings. The number of rotatable bonds is 8. The summed E-state index contributed by atoms with van der Waals surface area (Å²) in [5.41, 5.74) is 1.44. The van der Waals surface area contributed by atoms with Gasteiger partial charge in [-0.15, -0.1) is 0 Å². The standard InChI is InChI=1S/C24H29N3O6S/c1-24(2,3)33-21(29)25-12-14-27(23(31)32-15-16-7-5-4-6-8-16)13-11-17-9-10-18(28)19-20(17)34-22(30)26-19/h4-10,28H,11-15H2,1-3H3,(H,25,29)(H,26,30). The van der Waals surface area contributed by atoms with Crippen LogP contribution < -0.4 is 10.2 Å². The fraction of sp³-hybridized carbons (Fsp3) is 0.375. The number of carbonyl (C=O) groups is 2. The Morgan fingerprint density at radius 1 is 1.12 bits per heavy atom. The van der Waals surface area contributed by atoms with E-state index in [0.29, 0.717) is 16.6 Å². The number of nitrogens with one attached hydrogen (secondary N) is 2. The van der Waals surface area contributed by atoms with Crippen LogP contribution in [0.1, 0.15) is 31.9 Å². The summed E-state index contributed by atoms with van der Waals surface area (Å²) in [7, 11) is 0. The van der Waals surface area contributed by atoms with E-state index in [0.717, 1.165) is 22.5 Å². The molecule has 3 N–H and O–H groups in total. The molecule has 3 aromatic rings. The van der Waals surface area contributed by atoms with Crippen LogP contribution in [0.3, 0.4) is 0 Å². The molecular formula is C24H29N3O6S. The molecule has 0 bridgehead atoms. The molecule has 1 aromatic heterocycles. The molecule has 1 heterocycles. The molecule has 10 heteroatoms. The minimum Gasteiger partial charge on any atom is -0.506 e. The number of aromatic nitrogens is 1. The number of thiazole rings is 1. The van der Waals surface area contributed by atoms with Gasteiger partial charge in [-0.2, -0.15) is 0 Å². The summed E-state index contributed by atoms with van der Waals surface area (Å²) < 4.78 is 11.4. The summed E-state index contributed by atoms with van der Waals surface area (Å²) in [6.07, 6.45) is -0.660. The number of H-pyrrole nitrogens is 1. The van der Waals surface area contributed by atoms with Crippen molar-refractivity contribution in [1.29, 1.82) is 0 Å². The molecule has 0 fully saturated rings. The van der Waals surface area contributed by atoms with Gasteiger partial charge in [-0.3, -0.25) is 4.79 Å². The Bertz CT molecular complexity index is 1180. The zero-order valence-corrected chi connectivity index (χ0v) is 20.2. The highest BCUT2D eigenvalue weighted by Gasteiger charge is 2.19. The van der Waals surface area contributed by atoms with Crippen LogP contribution in [0.15, 0.2) is 47.3 Å². The van der Waals surface area contributed by atoms with Gasteiger partial charge >= 0.3 is 17.1 Å². The van der Waals surface area contributed by atoms with Gasteiger partial charge in [0.2, 0.25) is 0 Å². The van der Waals surface area contributed by atoms with Crippen LogP contribution in [-0.2, 0) is 22.5 Å². The van der Waals surface area contributed by atoms with E-state index < -0.39 is 17.8 Å². The molecule has 34 heavy (non-hydrogen) atoms. The monoisotopic (exact) mass is 487 g/mol. The zero-order valence-electron chi connectivity index (χ0n) is 19.4. The second-order valence-electron chi connectivity index (χ2n) is 8.67. The SMILES string of the molecule is CC(C)(C)OC(=O)NCCN(CCc1ccc(O)c2[nH]c(=O)sc12)C(=O)OCc1ccccc1. The molecule has 0 saturated carbocycles. The van der Waals surface area contributed by atoms with Crippen LogP contribution in [0.25, 0.3) is 10.2 Å². The third-order valence-corrected chi connectivity index (χ3v) is 5.76. The number of ether oxygens (including phenoxy) is 2. The van der Waals surface area contributed by atoms with Crippen LogP contribution in [0.2, 0.25) is 0 Å². The molecule has 182 valence electrons. The maximum atomic E-state index is 12.8. The fourth-order valence-electron chi connectivity index (χ4n) is 3.24. The van der Waals surface area contributed by atoms with E-state index in [1.165, 1.54) is 11.0 Å². The number of nitrogens with zero attached hydrogens (tertiary/aromatic N) is 1. The molecule has 3 rings (SSSR count). The Balaban J connectivity index is 1.66.